The third-order valence-corrected chi connectivity index (χ3v) is 2.35. The van der Waals surface area contributed by atoms with E-state index in [2.05, 4.69) is 0 Å². The average Bonchev–Trinajstić information content (AvgIpc) is 2.58. The highest BCUT2D eigenvalue weighted by Crippen LogP contribution is 2.23. The smallest absolute Gasteiger partial charge is 0.234 e. The molecule has 1 fully saturated rings. The Morgan fingerprint density at radius 2 is 2.13 bits per heavy atom. The molecule has 0 aromatic heterocycles. The number of benzene rings is 1. The maximum absolute atomic E-state index is 11.4. The van der Waals surface area contributed by atoms with Crippen LogP contribution in [0, 0.1) is 0 Å². The summed E-state index contributed by atoms with van der Waals surface area (Å²) in [5.74, 6) is 0.496. The van der Waals surface area contributed by atoms with Crippen LogP contribution in [0.5, 0.6) is 5.75 Å². The van der Waals surface area contributed by atoms with E-state index < -0.39 is 0 Å². The molecule has 15 heavy (non-hydrogen) atoms. The van der Waals surface area contributed by atoms with Crippen molar-refractivity contribution in [2.24, 2.45) is 0 Å². The summed E-state index contributed by atoms with van der Waals surface area (Å²) >= 11 is 0. The normalized spacial score (nSPS) is 15.9. The number of ketones is 1. The number of anilines is 1. The molecular formula is C11H11NO3. The van der Waals surface area contributed by atoms with Gasteiger partial charge in [-0.3, -0.25) is 9.59 Å². The SMILES string of the molecule is COc1cccc(N2CC(=O)CC2=O)c1. The lowest BCUT2D eigenvalue weighted by molar-refractivity contribution is -0.121. The minimum Gasteiger partial charge on any atom is -0.497 e. The second-order valence-electron chi connectivity index (χ2n) is 3.40. The van der Waals surface area contributed by atoms with Gasteiger partial charge in [0.1, 0.15) is 5.75 Å². The number of hydrogen-bond donors (Lipinski definition) is 0. The molecule has 1 saturated heterocycles. The van der Waals surface area contributed by atoms with Gasteiger partial charge in [-0.05, 0) is 12.1 Å². The number of carbonyl (C=O) groups is 2. The van der Waals surface area contributed by atoms with Crippen LogP contribution in [0.4, 0.5) is 5.69 Å². The van der Waals surface area contributed by atoms with Gasteiger partial charge >= 0.3 is 0 Å². The molecule has 78 valence electrons. The highest BCUT2D eigenvalue weighted by molar-refractivity contribution is 6.15. The lowest BCUT2D eigenvalue weighted by Gasteiger charge is -2.15. The van der Waals surface area contributed by atoms with Crippen LogP contribution in [0.25, 0.3) is 0 Å². The molecule has 1 aliphatic rings. The minimum atomic E-state index is -0.145. The van der Waals surface area contributed by atoms with Crippen molar-refractivity contribution in [3.63, 3.8) is 0 Å². The second-order valence-corrected chi connectivity index (χ2v) is 3.40. The van der Waals surface area contributed by atoms with Gasteiger partial charge in [0.05, 0.1) is 20.1 Å². The Labute approximate surface area is 87.4 Å². The van der Waals surface area contributed by atoms with E-state index in [9.17, 15) is 9.59 Å². The Bertz CT molecular complexity index is 414. The Balaban J connectivity index is 2.29. The quantitative estimate of drug-likeness (QED) is 0.677. The number of nitrogens with zero attached hydrogens (tertiary/aromatic N) is 1. The van der Waals surface area contributed by atoms with Crippen LogP contribution in [0.3, 0.4) is 0 Å². The molecule has 0 aliphatic carbocycles. The fourth-order valence-corrected chi connectivity index (χ4v) is 1.60. The standard InChI is InChI=1S/C11H11NO3/c1-15-10-4-2-3-8(5-10)12-7-9(13)6-11(12)14/h2-5H,6-7H2,1H3. The molecule has 1 aromatic rings. The fraction of sp³-hybridized carbons (Fsp3) is 0.273. The van der Waals surface area contributed by atoms with Crippen molar-refractivity contribution in [2.75, 3.05) is 18.6 Å². The molecule has 4 nitrogen and oxygen atoms in total. The molecular weight excluding hydrogens is 194 g/mol. The molecule has 0 saturated carbocycles. The number of carbonyl (C=O) groups excluding carboxylic acids is 2. The number of ether oxygens (including phenoxy) is 1. The third kappa shape index (κ3) is 1.83. The van der Waals surface area contributed by atoms with Crippen molar-refractivity contribution in [2.45, 2.75) is 6.42 Å². The first kappa shape index (κ1) is 9.71. The summed E-state index contributed by atoms with van der Waals surface area (Å²) in [5, 5.41) is 0. The first-order valence-corrected chi connectivity index (χ1v) is 4.67. The van der Waals surface area contributed by atoms with Gasteiger partial charge in [-0.2, -0.15) is 0 Å². The van der Waals surface area contributed by atoms with Gasteiger partial charge in [-0.25, -0.2) is 0 Å². The summed E-state index contributed by atoms with van der Waals surface area (Å²) < 4.78 is 5.05. The van der Waals surface area contributed by atoms with E-state index in [4.69, 9.17) is 4.74 Å². The molecule has 0 spiro atoms. The molecule has 1 amide bonds. The van der Waals surface area contributed by atoms with Crippen LogP contribution in [0.15, 0.2) is 24.3 Å². The molecule has 0 bridgehead atoms. The predicted molar refractivity (Wildman–Crippen MR) is 55.0 cm³/mol. The minimum absolute atomic E-state index is 0.0111. The number of Topliss-reactive ketones (excluding diaryl/α,β-unsaturated/α-hetero) is 1. The zero-order valence-electron chi connectivity index (χ0n) is 8.40. The molecule has 0 radical (unpaired) electrons. The van der Waals surface area contributed by atoms with Gasteiger partial charge in [0.2, 0.25) is 5.91 Å². The summed E-state index contributed by atoms with van der Waals surface area (Å²) in [7, 11) is 1.57. The van der Waals surface area contributed by atoms with Crippen LogP contribution in [0.1, 0.15) is 6.42 Å². The van der Waals surface area contributed by atoms with E-state index in [1.54, 1.807) is 31.4 Å². The lowest BCUT2D eigenvalue weighted by Crippen LogP contribution is -2.24. The van der Waals surface area contributed by atoms with Crippen molar-refractivity contribution in [3.05, 3.63) is 24.3 Å². The zero-order valence-corrected chi connectivity index (χ0v) is 8.40. The second kappa shape index (κ2) is 3.73. The van der Waals surface area contributed by atoms with Gasteiger partial charge in [-0.15, -0.1) is 0 Å². The molecule has 1 aromatic carbocycles. The van der Waals surface area contributed by atoms with Gasteiger partial charge in [0, 0.05) is 11.8 Å². The number of amides is 1. The molecule has 0 N–H and O–H groups in total. The molecule has 0 atom stereocenters. The topological polar surface area (TPSA) is 46.6 Å². The average molecular weight is 205 g/mol. The first-order valence-electron chi connectivity index (χ1n) is 4.67. The van der Waals surface area contributed by atoms with Crippen LogP contribution in [0.2, 0.25) is 0 Å². The third-order valence-electron chi connectivity index (χ3n) is 2.35. The fourth-order valence-electron chi connectivity index (χ4n) is 1.60. The van der Waals surface area contributed by atoms with Crippen LogP contribution in [-0.2, 0) is 9.59 Å². The van der Waals surface area contributed by atoms with E-state index in [1.807, 2.05) is 0 Å². The summed E-state index contributed by atoms with van der Waals surface area (Å²) in [4.78, 5) is 24.0. The van der Waals surface area contributed by atoms with E-state index >= 15 is 0 Å². The largest absolute Gasteiger partial charge is 0.497 e. The van der Waals surface area contributed by atoms with E-state index in [0.717, 1.165) is 0 Å². The summed E-state index contributed by atoms with van der Waals surface area (Å²) in [6.07, 6.45) is 0.0111. The predicted octanol–water partition coefficient (Wildman–Crippen LogP) is 1.00. The number of hydrogen-bond acceptors (Lipinski definition) is 3. The molecule has 4 heteroatoms. The molecule has 1 aliphatic heterocycles. The monoisotopic (exact) mass is 205 g/mol. The van der Waals surface area contributed by atoms with Crippen molar-refractivity contribution in [3.8, 4) is 5.75 Å². The molecule has 0 unspecified atom stereocenters. The zero-order chi connectivity index (χ0) is 10.8. The van der Waals surface area contributed by atoms with Gasteiger partial charge in [0.25, 0.3) is 0 Å². The van der Waals surface area contributed by atoms with Gasteiger partial charge < -0.3 is 9.64 Å². The van der Waals surface area contributed by atoms with Crippen molar-refractivity contribution in [1.29, 1.82) is 0 Å². The summed E-state index contributed by atoms with van der Waals surface area (Å²) in [6, 6.07) is 7.13. The maximum atomic E-state index is 11.4. The maximum Gasteiger partial charge on any atom is 0.234 e. The summed E-state index contributed by atoms with van der Waals surface area (Å²) in [6.45, 7) is 0.173. The van der Waals surface area contributed by atoms with Crippen LogP contribution in [-0.4, -0.2) is 25.3 Å². The number of rotatable bonds is 2. The summed E-state index contributed by atoms with van der Waals surface area (Å²) in [5.41, 5.74) is 0.713. The Kier molecular flexibility index (Phi) is 2.41. The molecule has 1 heterocycles. The van der Waals surface area contributed by atoms with E-state index in [1.165, 1.54) is 4.90 Å². The van der Waals surface area contributed by atoms with E-state index in [-0.39, 0.29) is 24.7 Å². The first-order chi connectivity index (χ1) is 7.20. The Hall–Kier alpha value is -1.84. The van der Waals surface area contributed by atoms with Crippen molar-refractivity contribution >= 4 is 17.4 Å². The van der Waals surface area contributed by atoms with Gasteiger partial charge in [0.15, 0.2) is 5.78 Å². The number of methoxy groups -OCH3 is 1. The van der Waals surface area contributed by atoms with Crippen molar-refractivity contribution < 1.29 is 14.3 Å². The highest BCUT2D eigenvalue weighted by Gasteiger charge is 2.28. The Morgan fingerprint density at radius 1 is 1.33 bits per heavy atom. The van der Waals surface area contributed by atoms with Crippen LogP contribution < -0.4 is 9.64 Å². The lowest BCUT2D eigenvalue weighted by atomic mass is 10.3. The van der Waals surface area contributed by atoms with Crippen LogP contribution >= 0.6 is 0 Å². The molecule has 2 rings (SSSR count). The van der Waals surface area contributed by atoms with E-state index in [0.29, 0.717) is 11.4 Å². The Morgan fingerprint density at radius 3 is 2.73 bits per heavy atom. The highest BCUT2D eigenvalue weighted by atomic mass is 16.5. The van der Waals surface area contributed by atoms with Gasteiger partial charge in [-0.1, -0.05) is 6.07 Å². The van der Waals surface area contributed by atoms with Crippen molar-refractivity contribution in [1.82, 2.24) is 0 Å².